The highest BCUT2D eigenvalue weighted by atomic mass is 79.9. The molecule has 1 aromatic heterocycles. The molecule has 0 aliphatic carbocycles. The molecule has 0 radical (unpaired) electrons. The van der Waals surface area contributed by atoms with Crippen molar-refractivity contribution in [1.29, 1.82) is 0 Å². The van der Waals surface area contributed by atoms with Crippen LogP contribution < -0.4 is 9.47 Å². The molecule has 0 bridgehead atoms. The van der Waals surface area contributed by atoms with Gasteiger partial charge in [0.05, 0.1) is 0 Å². The Morgan fingerprint density at radius 3 is 2.32 bits per heavy atom. The van der Waals surface area contributed by atoms with Crippen molar-refractivity contribution in [3.05, 3.63) is 90.6 Å². The van der Waals surface area contributed by atoms with Crippen LogP contribution >= 0.6 is 15.9 Å². The van der Waals surface area contributed by atoms with Crippen LogP contribution in [-0.4, -0.2) is 9.90 Å². The molecule has 0 saturated heterocycles. The zero-order chi connectivity index (χ0) is 19.2. The lowest BCUT2D eigenvalue weighted by molar-refractivity contribution is 0.306. The maximum atomic E-state index is 6.02. The van der Waals surface area contributed by atoms with Gasteiger partial charge in [0.1, 0.15) is 23.9 Å². The van der Waals surface area contributed by atoms with Crippen molar-refractivity contribution in [2.45, 2.75) is 19.6 Å². The van der Waals surface area contributed by atoms with Gasteiger partial charge in [-0.25, -0.2) is 0 Å². The summed E-state index contributed by atoms with van der Waals surface area (Å²) in [5, 5.41) is 2.20. The fourth-order valence-corrected chi connectivity index (χ4v) is 3.40. The number of hydrogen-bond acceptors (Lipinski definition) is 2. The molecule has 0 amide bonds. The highest BCUT2D eigenvalue weighted by molar-refractivity contribution is 9.09. The van der Waals surface area contributed by atoms with Gasteiger partial charge in [-0.15, -0.1) is 0 Å². The van der Waals surface area contributed by atoms with Gasteiger partial charge in [-0.2, -0.15) is 0 Å². The van der Waals surface area contributed by atoms with Crippen LogP contribution in [-0.2, 0) is 13.2 Å². The van der Waals surface area contributed by atoms with Gasteiger partial charge in [0.25, 0.3) is 0 Å². The molecule has 3 nitrogen and oxygen atoms in total. The van der Waals surface area contributed by atoms with Gasteiger partial charge >= 0.3 is 0 Å². The van der Waals surface area contributed by atoms with Gasteiger partial charge in [-0.1, -0.05) is 46.3 Å². The Hall–Kier alpha value is -2.72. The predicted octanol–water partition coefficient (Wildman–Crippen LogP) is 6.80. The summed E-state index contributed by atoms with van der Waals surface area (Å²) in [6.45, 7) is 1.57. The van der Waals surface area contributed by atoms with Crippen LogP contribution in [0.3, 0.4) is 0 Å². The van der Waals surface area contributed by atoms with Gasteiger partial charge < -0.3 is 14.0 Å². The fourth-order valence-electron chi connectivity index (χ4n) is 3.15. The van der Waals surface area contributed by atoms with Crippen molar-refractivity contribution < 1.29 is 9.47 Å². The minimum absolute atomic E-state index is 0.559. The third kappa shape index (κ3) is 4.57. The zero-order valence-corrected chi connectivity index (χ0v) is 17.1. The molecule has 0 aliphatic rings. The predicted molar refractivity (Wildman–Crippen MR) is 118 cm³/mol. The molecule has 4 heteroatoms. The maximum Gasteiger partial charge on any atom is 0.128 e. The molecule has 142 valence electrons. The standard InChI is InChI=1S/C24H22BrNO2/c25-14-4-15-26-16-13-20-17-23(11-12-24(20)26)28-22-9-7-21(8-10-22)27-18-19-5-2-1-3-6-19/h1-3,5-13,16-17H,4,14-15,18H2. The molecule has 0 atom stereocenters. The minimum atomic E-state index is 0.559. The van der Waals surface area contributed by atoms with E-state index in [0.29, 0.717) is 6.61 Å². The molecule has 0 fully saturated rings. The Balaban J connectivity index is 1.39. The molecule has 4 aromatic rings. The summed E-state index contributed by atoms with van der Waals surface area (Å²) in [4.78, 5) is 0. The molecule has 1 heterocycles. The molecule has 28 heavy (non-hydrogen) atoms. The van der Waals surface area contributed by atoms with Crippen molar-refractivity contribution in [3.63, 3.8) is 0 Å². The van der Waals surface area contributed by atoms with Crippen LogP contribution in [0.25, 0.3) is 10.9 Å². The molecule has 0 saturated carbocycles. The SMILES string of the molecule is BrCCCn1ccc2cc(Oc3ccc(OCc4ccccc4)cc3)ccc21. The first-order valence-electron chi connectivity index (χ1n) is 9.41. The van der Waals surface area contributed by atoms with Crippen molar-refractivity contribution in [3.8, 4) is 17.2 Å². The van der Waals surface area contributed by atoms with E-state index in [2.05, 4.69) is 57.0 Å². The summed E-state index contributed by atoms with van der Waals surface area (Å²) in [5.41, 5.74) is 2.39. The summed E-state index contributed by atoms with van der Waals surface area (Å²) in [5.74, 6) is 2.46. The normalized spacial score (nSPS) is 10.9. The second-order valence-electron chi connectivity index (χ2n) is 6.62. The van der Waals surface area contributed by atoms with Crippen LogP contribution in [0, 0.1) is 0 Å². The summed E-state index contributed by atoms with van der Waals surface area (Å²) in [6.07, 6.45) is 3.25. The van der Waals surface area contributed by atoms with Crippen LogP contribution in [0.1, 0.15) is 12.0 Å². The zero-order valence-electron chi connectivity index (χ0n) is 15.6. The smallest absolute Gasteiger partial charge is 0.128 e. The molecule has 0 unspecified atom stereocenters. The first-order valence-corrected chi connectivity index (χ1v) is 10.5. The average Bonchev–Trinajstić information content (AvgIpc) is 3.15. The average molecular weight is 436 g/mol. The van der Waals surface area contributed by atoms with Crippen LogP contribution in [0.4, 0.5) is 0 Å². The van der Waals surface area contributed by atoms with Gasteiger partial charge in [-0.3, -0.25) is 0 Å². The third-order valence-corrected chi connectivity index (χ3v) is 5.14. The molecule has 0 aliphatic heterocycles. The van der Waals surface area contributed by atoms with Gasteiger partial charge in [0.2, 0.25) is 0 Å². The van der Waals surface area contributed by atoms with Crippen LogP contribution in [0.2, 0.25) is 0 Å². The number of hydrogen-bond donors (Lipinski definition) is 0. The number of nitrogens with zero attached hydrogens (tertiary/aromatic N) is 1. The monoisotopic (exact) mass is 435 g/mol. The Morgan fingerprint density at radius 2 is 1.54 bits per heavy atom. The summed E-state index contributed by atoms with van der Waals surface area (Å²) in [7, 11) is 0. The van der Waals surface area contributed by atoms with E-state index in [9.17, 15) is 0 Å². The summed E-state index contributed by atoms with van der Waals surface area (Å²) in [6, 6.07) is 26.3. The Labute approximate surface area is 173 Å². The lowest BCUT2D eigenvalue weighted by atomic mass is 10.2. The minimum Gasteiger partial charge on any atom is -0.489 e. The molecule has 0 N–H and O–H groups in total. The topological polar surface area (TPSA) is 23.4 Å². The number of aromatic nitrogens is 1. The van der Waals surface area contributed by atoms with E-state index in [4.69, 9.17) is 9.47 Å². The second kappa shape index (κ2) is 8.98. The lowest BCUT2D eigenvalue weighted by Gasteiger charge is -2.09. The van der Waals surface area contributed by atoms with Crippen molar-refractivity contribution >= 4 is 26.8 Å². The van der Waals surface area contributed by atoms with E-state index in [1.807, 2.05) is 48.5 Å². The van der Waals surface area contributed by atoms with Gasteiger partial charge in [-0.05, 0) is 60.5 Å². The fraction of sp³-hybridized carbons (Fsp3) is 0.167. The van der Waals surface area contributed by atoms with Crippen LogP contribution in [0.15, 0.2) is 85.1 Å². The number of fused-ring (bicyclic) bond motifs is 1. The van der Waals surface area contributed by atoms with Crippen molar-refractivity contribution in [1.82, 2.24) is 4.57 Å². The Morgan fingerprint density at radius 1 is 0.786 bits per heavy atom. The molecule has 0 spiro atoms. The number of halogens is 1. The Bertz CT molecular complexity index is 1030. The number of benzene rings is 3. The van der Waals surface area contributed by atoms with E-state index >= 15 is 0 Å². The van der Waals surface area contributed by atoms with E-state index < -0.39 is 0 Å². The number of ether oxygens (including phenoxy) is 2. The molecule has 4 rings (SSSR count). The van der Waals surface area contributed by atoms with Gasteiger partial charge in [0.15, 0.2) is 0 Å². The highest BCUT2D eigenvalue weighted by Gasteiger charge is 2.04. The molecule has 3 aromatic carbocycles. The molecular weight excluding hydrogens is 414 g/mol. The first-order chi connectivity index (χ1) is 13.8. The number of rotatable bonds is 8. The van der Waals surface area contributed by atoms with Gasteiger partial charge in [0, 0.05) is 29.0 Å². The van der Waals surface area contributed by atoms with Crippen LogP contribution in [0.5, 0.6) is 17.2 Å². The quantitative estimate of drug-likeness (QED) is 0.284. The maximum absolute atomic E-state index is 6.02. The van der Waals surface area contributed by atoms with Crippen molar-refractivity contribution in [2.24, 2.45) is 0 Å². The van der Waals surface area contributed by atoms with E-state index in [-0.39, 0.29) is 0 Å². The number of aryl methyl sites for hydroxylation is 1. The third-order valence-electron chi connectivity index (χ3n) is 4.58. The first kappa shape index (κ1) is 18.6. The summed E-state index contributed by atoms with van der Waals surface area (Å²) >= 11 is 3.49. The van der Waals surface area contributed by atoms with Crippen molar-refractivity contribution in [2.75, 3.05) is 5.33 Å². The Kier molecular flexibility index (Phi) is 5.98. The van der Waals surface area contributed by atoms with E-state index in [0.717, 1.165) is 41.1 Å². The van der Waals surface area contributed by atoms with E-state index in [1.165, 1.54) is 10.9 Å². The molecular formula is C24H22BrNO2. The summed E-state index contributed by atoms with van der Waals surface area (Å²) < 4.78 is 14.1. The lowest BCUT2D eigenvalue weighted by Crippen LogP contribution is -1.96. The second-order valence-corrected chi connectivity index (χ2v) is 7.41. The highest BCUT2D eigenvalue weighted by Crippen LogP contribution is 2.28. The largest absolute Gasteiger partial charge is 0.489 e. The van der Waals surface area contributed by atoms with E-state index in [1.54, 1.807) is 0 Å². The number of alkyl halides is 1.